The summed E-state index contributed by atoms with van der Waals surface area (Å²) < 4.78 is 32.4. The number of benzene rings is 2. The second-order valence-corrected chi connectivity index (χ2v) is 13.9. The molecule has 1 aliphatic rings. The van der Waals surface area contributed by atoms with Gasteiger partial charge in [0.25, 0.3) is 0 Å². The predicted molar refractivity (Wildman–Crippen MR) is 166 cm³/mol. The van der Waals surface area contributed by atoms with Crippen LogP contribution in [0.3, 0.4) is 0 Å². The number of nitrogens with one attached hydrogen (secondary N) is 3. The minimum atomic E-state index is -3.51. The Hall–Kier alpha value is -3.63. The molecule has 4 aromatic rings. The quantitative estimate of drug-likeness (QED) is 0.206. The molecule has 1 aliphatic heterocycles. The van der Waals surface area contributed by atoms with Gasteiger partial charge < -0.3 is 25.3 Å². The van der Waals surface area contributed by atoms with Crippen LogP contribution >= 0.6 is 0 Å². The van der Waals surface area contributed by atoms with Crippen molar-refractivity contribution in [2.75, 3.05) is 30.8 Å². The van der Waals surface area contributed by atoms with E-state index in [-0.39, 0.29) is 11.0 Å². The Balaban J connectivity index is 1.52. The SMILES string of the molecule is Cc1cc(Nc2nc(Nc3ccccc3S(=O)(=O)C(C)C)c3cc[nH]c3n2)c(OC(C)C)cc1C1CCN(C)CC1. The maximum Gasteiger partial charge on any atom is 0.231 e. The van der Waals surface area contributed by atoms with Crippen molar-refractivity contribution < 1.29 is 13.2 Å². The number of H-pyrrole nitrogens is 1. The summed E-state index contributed by atoms with van der Waals surface area (Å²) in [5, 5.41) is 6.87. The van der Waals surface area contributed by atoms with E-state index < -0.39 is 15.1 Å². The summed E-state index contributed by atoms with van der Waals surface area (Å²) in [5.74, 6) is 2.12. The molecular weight excluding hydrogens is 536 g/mol. The molecule has 10 heteroatoms. The van der Waals surface area contributed by atoms with E-state index in [1.54, 1.807) is 44.3 Å². The van der Waals surface area contributed by atoms with Gasteiger partial charge in [0.15, 0.2) is 9.84 Å². The van der Waals surface area contributed by atoms with Crippen molar-refractivity contribution in [1.82, 2.24) is 19.9 Å². The number of hydrogen-bond acceptors (Lipinski definition) is 8. The minimum absolute atomic E-state index is 0.00737. The van der Waals surface area contributed by atoms with Crippen molar-refractivity contribution >= 4 is 44.0 Å². The van der Waals surface area contributed by atoms with E-state index in [1.807, 2.05) is 19.9 Å². The molecule has 1 saturated heterocycles. The monoisotopic (exact) mass is 576 g/mol. The highest BCUT2D eigenvalue weighted by Gasteiger charge is 2.24. The molecule has 0 unspecified atom stereocenters. The van der Waals surface area contributed by atoms with Gasteiger partial charge in [-0.25, -0.2) is 8.42 Å². The van der Waals surface area contributed by atoms with Crippen molar-refractivity contribution in [2.45, 2.75) is 69.6 Å². The van der Waals surface area contributed by atoms with E-state index in [1.165, 1.54) is 11.1 Å². The van der Waals surface area contributed by atoms with Crippen LogP contribution in [0.1, 0.15) is 57.6 Å². The lowest BCUT2D eigenvalue weighted by atomic mass is 9.86. The number of aromatic nitrogens is 3. The zero-order chi connectivity index (χ0) is 29.3. The van der Waals surface area contributed by atoms with E-state index in [9.17, 15) is 8.42 Å². The largest absolute Gasteiger partial charge is 0.489 e. The Morgan fingerprint density at radius 2 is 1.73 bits per heavy atom. The molecule has 3 N–H and O–H groups in total. The van der Waals surface area contributed by atoms with Crippen LogP contribution in [0.5, 0.6) is 5.75 Å². The van der Waals surface area contributed by atoms with Crippen molar-refractivity contribution in [1.29, 1.82) is 0 Å². The number of aromatic amines is 1. The molecule has 5 rings (SSSR count). The van der Waals surface area contributed by atoms with E-state index in [0.29, 0.717) is 29.0 Å². The standard InChI is InChI=1S/C31H40N6O3S/c1-19(2)40-27-18-24(22-12-15-37(6)16-13-22)21(5)17-26(27)34-31-35-29-23(11-14-32-29)30(36-31)33-25-9-7-8-10-28(25)41(38,39)20(3)4/h7-11,14,17-20,22H,12-13,15-16H2,1-6H3,(H3,32,33,34,35,36). The second kappa shape index (κ2) is 11.7. The highest BCUT2D eigenvalue weighted by atomic mass is 32.2. The maximum atomic E-state index is 13.1. The number of anilines is 4. The Morgan fingerprint density at radius 3 is 2.44 bits per heavy atom. The number of para-hydroxylation sites is 1. The molecule has 0 spiro atoms. The number of rotatable bonds is 9. The van der Waals surface area contributed by atoms with Crippen LogP contribution in [0.25, 0.3) is 11.0 Å². The van der Waals surface area contributed by atoms with Gasteiger partial charge in [0.2, 0.25) is 5.95 Å². The number of likely N-dealkylation sites (tertiary alicyclic amines) is 1. The van der Waals surface area contributed by atoms with Crippen LogP contribution in [0, 0.1) is 6.92 Å². The summed E-state index contributed by atoms with van der Waals surface area (Å²) >= 11 is 0. The average Bonchev–Trinajstić information content (AvgIpc) is 3.40. The highest BCUT2D eigenvalue weighted by Crippen LogP contribution is 2.38. The van der Waals surface area contributed by atoms with Crippen LogP contribution < -0.4 is 15.4 Å². The number of hydrogen-bond donors (Lipinski definition) is 3. The fourth-order valence-corrected chi connectivity index (χ4v) is 6.53. The summed E-state index contributed by atoms with van der Waals surface area (Å²) in [5.41, 5.74) is 4.40. The van der Waals surface area contributed by atoms with Crippen LogP contribution in [0.15, 0.2) is 53.6 Å². The molecule has 0 radical (unpaired) electrons. The Kier molecular flexibility index (Phi) is 8.24. The van der Waals surface area contributed by atoms with Gasteiger partial charge in [0, 0.05) is 6.20 Å². The number of sulfone groups is 1. The smallest absolute Gasteiger partial charge is 0.231 e. The summed E-state index contributed by atoms with van der Waals surface area (Å²) in [6.45, 7) is 11.7. The fourth-order valence-electron chi connectivity index (χ4n) is 5.32. The molecule has 0 aliphatic carbocycles. The van der Waals surface area contributed by atoms with Crippen LogP contribution in [-0.4, -0.2) is 59.8 Å². The zero-order valence-corrected chi connectivity index (χ0v) is 25.5. The first-order valence-electron chi connectivity index (χ1n) is 14.2. The lowest BCUT2D eigenvalue weighted by molar-refractivity contribution is 0.241. The van der Waals surface area contributed by atoms with Crippen molar-refractivity contribution in [3.63, 3.8) is 0 Å². The van der Waals surface area contributed by atoms with Gasteiger partial charge in [-0.15, -0.1) is 0 Å². The first-order valence-corrected chi connectivity index (χ1v) is 15.8. The number of aryl methyl sites for hydroxylation is 1. The zero-order valence-electron chi connectivity index (χ0n) is 24.7. The van der Waals surface area contributed by atoms with E-state index in [0.717, 1.165) is 42.8 Å². The molecule has 2 aromatic carbocycles. The van der Waals surface area contributed by atoms with Gasteiger partial charge >= 0.3 is 0 Å². The third-order valence-electron chi connectivity index (χ3n) is 7.62. The lowest BCUT2D eigenvalue weighted by Crippen LogP contribution is -2.29. The van der Waals surface area contributed by atoms with E-state index in [4.69, 9.17) is 14.7 Å². The summed E-state index contributed by atoms with van der Waals surface area (Å²) in [4.78, 5) is 15.3. The van der Waals surface area contributed by atoms with Crippen LogP contribution in [0.2, 0.25) is 0 Å². The van der Waals surface area contributed by atoms with E-state index in [2.05, 4.69) is 46.6 Å². The van der Waals surface area contributed by atoms with Crippen LogP contribution in [-0.2, 0) is 9.84 Å². The number of ether oxygens (including phenoxy) is 1. The van der Waals surface area contributed by atoms with Crippen molar-refractivity contribution in [2.24, 2.45) is 0 Å². The summed E-state index contributed by atoms with van der Waals surface area (Å²) in [7, 11) is -1.34. The first-order chi connectivity index (χ1) is 19.5. The molecule has 0 amide bonds. The second-order valence-electron chi connectivity index (χ2n) is 11.4. The van der Waals surface area contributed by atoms with Gasteiger partial charge in [-0.2, -0.15) is 9.97 Å². The predicted octanol–water partition coefficient (Wildman–Crippen LogP) is 6.53. The molecular formula is C31H40N6O3S. The lowest BCUT2D eigenvalue weighted by Gasteiger charge is -2.30. The topological polar surface area (TPSA) is 112 Å². The van der Waals surface area contributed by atoms with Gasteiger partial charge in [0.1, 0.15) is 17.2 Å². The van der Waals surface area contributed by atoms with Gasteiger partial charge in [-0.05, 0) is 115 Å². The minimum Gasteiger partial charge on any atom is -0.489 e. The highest BCUT2D eigenvalue weighted by molar-refractivity contribution is 7.92. The Labute approximate surface area is 242 Å². The average molecular weight is 577 g/mol. The first kappa shape index (κ1) is 28.9. The maximum absolute atomic E-state index is 13.1. The fraction of sp³-hybridized carbons (Fsp3) is 0.419. The van der Waals surface area contributed by atoms with Crippen molar-refractivity contribution in [3.8, 4) is 5.75 Å². The molecule has 2 aromatic heterocycles. The Morgan fingerprint density at radius 1 is 1.00 bits per heavy atom. The van der Waals surface area contributed by atoms with E-state index >= 15 is 0 Å². The molecule has 0 saturated carbocycles. The molecule has 0 bridgehead atoms. The number of piperidine rings is 1. The summed E-state index contributed by atoms with van der Waals surface area (Å²) in [6, 6.07) is 13.1. The third-order valence-corrected chi connectivity index (χ3v) is 9.83. The van der Waals surface area contributed by atoms with Crippen LogP contribution in [0.4, 0.5) is 23.1 Å². The Bertz CT molecular complexity index is 1640. The molecule has 1 fully saturated rings. The number of nitrogens with zero attached hydrogens (tertiary/aromatic N) is 3. The molecule has 41 heavy (non-hydrogen) atoms. The molecule has 3 heterocycles. The van der Waals surface area contributed by atoms with Gasteiger partial charge in [-0.3, -0.25) is 0 Å². The molecule has 9 nitrogen and oxygen atoms in total. The third kappa shape index (κ3) is 6.18. The molecule has 218 valence electrons. The summed E-state index contributed by atoms with van der Waals surface area (Å²) in [6.07, 6.45) is 4.03. The number of fused-ring (bicyclic) bond motifs is 1. The normalized spacial score (nSPS) is 15.1. The molecule has 0 atom stereocenters. The van der Waals surface area contributed by atoms with Gasteiger partial charge in [0.05, 0.1) is 33.0 Å². The van der Waals surface area contributed by atoms with Gasteiger partial charge in [-0.1, -0.05) is 12.1 Å². The van der Waals surface area contributed by atoms with Crippen molar-refractivity contribution in [3.05, 3.63) is 59.8 Å².